The summed E-state index contributed by atoms with van der Waals surface area (Å²) in [7, 11) is 0. The van der Waals surface area contributed by atoms with Crippen LogP contribution < -0.4 is 0 Å². The van der Waals surface area contributed by atoms with Crippen molar-refractivity contribution < 1.29 is 0 Å². The minimum atomic E-state index is 1.08. The van der Waals surface area contributed by atoms with E-state index in [1.54, 1.807) is 0 Å². The summed E-state index contributed by atoms with van der Waals surface area (Å²) in [6, 6.07) is 0. The molecule has 0 atom stereocenters. The van der Waals surface area contributed by atoms with Crippen LogP contribution in [0.4, 0.5) is 0 Å². The highest BCUT2D eigenvalue weighted by molar-refractivity contribution is 4.94. The zero-order valence-electron chi connectivity index (χ0n) is 6.61. The van der Waals surface area contributed by atoms with Crippen molar-refractivity contribution in [3.05, 3.63) is 18.6 Å². The highest BCUT2D eigenvalue weighted by Crippen LogP contribution is 2.06. The molecular weight excluding hydrogens is 108 g/mol. The van der Waals surface area contributed by atoms with Crippen molar-refractivity contribution in [2.75, 3.05) is 0 Å². The molecule has 0 aliphatic rings. The van der Waals surface area contributed by atoms with Gasteiger partial charge in [-0.15, -0.1) is 0 Å². The lowest BCUT2D eigenvalue weighted by Gasteiger charge is -1.96. The molecule has 0 spiro atoms. The first-order chi connectivity index (χ1) is 4.31. The van der Waals surface area contributed by atoms with Crippen molar-refractivity contribution in [2.45, 2.75) is 39.5 Å². The number of rotatable bonds is 4. The summed E-state index contributed by atoms with van der Waals surface area (Å²) < 4.78 is 0. The van der Waals surface area contributed by atoms with Crippen LogP contribution in [-0.2, 0) is 0 Å². The fourth-order valence-corrected chi connectivity index (χ4v) is 0.725. The fourth-order valence-electron chi connectivity index (χ4n) is 0.725. The van der Waals surface area contributed by atoms with Crippen LogP contribution in [-0.4, -0.2) is 0 Å². The Labute approximate surface area is 59.0 Å². The third-order valence-corrected chi connectivity index (χ3v) is 1.56. The molecule has 9 heavy (non-hydrogen) atoms. The van der Waals surface area contributed by atoms with E-state index >= 15 is 0 Å². The van der Waals surface area contributed by atoms with Crippen molar-refractivity contribution in [1.82, 2.24) is 0 Å². The van der Waals surface area contributed by atoms with Gasteiger partial charge < -0.3 is 0 Å². The molecule has 0 saturated carbocycles. The number of hydrogen-bond acceptors (Lipinski definition) is 0. The van der Waals surface area contributed by atoms with Crippen molar-refractivity contribution in [2.24, 2.45) is 0 Å². The molecule has 0 N–H and O–H groups in total. The Morgan fingerprint density at radius 2 is 2.11 bits per heavy atom. The summed E-state index contributed by atoms with van der Waals surface area (Å²) in [6.07, 6.45) is 7.09. The van der Waals surface area contributed by atoms with Gasteiger partial charge in [0, 0.05) is 0 Å². The van der Waals surface area contributed by atoms with E-state index in [9.17, 15) is 0 Å². The average Bonchev–Trinajstić information content (AvgIpc) is 1.89. The van der Waals surface area contributed by atoms with Gasteiger partial charge in [0.15, 0.2) is 0 Å². The van der Waals surface area contributed by atoms with Crippen LogP contribution in [0.2, 0.25) is 0 Å². The SMILES string of the molecule is [CH2]CCCCC(C)=CC. The van der Waals surface area contributed by atoms with Crippen molar-refractivity contribution in [3.8, 4) is 0 Å². The monoisotopic (exact) mass is 125 g/mol. The van der Waals surface area contributed by atoms with Crippen LogP contribution in [0.15, 0.2) is 11.6 Å². The third kappa shape index (κ3) is 5.61. The zero-order chi connectivity index (χ0) is 7.11. The van der Waals surface area contributed by atoms with E-state index in [0.29, 0.717) is 0 Å². The van der Waals surface area contributed by atoms with Gasteiger partial charge in [0.05, 0.1) is 0 Å². The first-order valence-corrected chi connectivity index (χ1v) is 3.72. The highest BCUT2D eigenvalue weighted by Gasteiger charge is 1.86. The lowest BCUT2D eigenvalue weighted by Crippen LogP contribution is -1.76. The van der Waals surface area contributed by atoms with Crippen LogP contribution in [0.25, 0.3) is 0 Å². The van der Waals surface area contributed by atoms with E-state index in [1.807, 2.05) is 0 Å². The van der Waals surface area contributed by atoms with Crippen molar-refractivity contribution in [1.29, 1.82) is 0 Å². The van der Waals surface area contributed by atoms with E-state index in [2.05, 4.69) is 26.8 Å². The van der Waals surface area contributed by atoms with Crippen LogP contribution in [0.5, 0.6) is 0 Å². The Bertz CT molecular complexity index is 80.0. The average molecular weight is 125 g/mol. The number of allylic oxidation sites excluding steroid dienone is 2. The maximum absolute atomic E-state index is 3.79. The first-order valence-electron chi connectivity index (χ1n) is 3.72. The Kier molecular flexibility index (Phi) is 5.70. The largest absolute Gasteiger partial charge is 0.0887 e. The third-order valence-electron chi connectivity index (χ3n) is 1.56. The van der Waals surface area contributed by atoms with E-state index < -0.39 is 0 Å². The molecule has 1 radical (unpaired) electrons. The quantitative estimate of drug-likeness (QED) is 0.399. The smallest absolute Gasteiger partial charge is 0.0323 e. The van der Waals surface area contributed by atoms with Crippen molar-refractivity contribution >= 4 is 0 Å². The minimum Gasteiger partial charge on any atom is -0.0887 e. The molecule has 53 valence electrons. The maximum atomic E-state index is 3.79. The predicted octanol–water partition coefficient (Wildman–Crippen LogP) is 3.35. The summed E-state index contributed by atoms with van der Waals surface area (Å²) in [6.45, 7) is 8.07. The molecule has 0 aliphatic heterocycles. The molecule has 0 rings (SSSR count). The van der Waals surface area contributed by atoms with E-state index in [4.69, 9.17) is 0 Å². The van der Waals surface area contributed by atoms with E-state index in [0.717, 1.165) is 6.42 Å². The molecular formula is C9H17. The molecule has 0 aromatic heterocycles. The second kappa shape index (κ2) is 5.87. The second-order valence-electron chi connectivity index (χ2n) is 2.45. The van der Waals surface area contributed by atoms with Gasteiger partial charge >= 0.3 is 0 Å². The summed E-state index contributed by atoms with van der Waals surface area (Å²) in [5, 5.41) is 0. The van der Waals surface area contributed by atoms with Gasteiger partial charge in [-0.3, -0.25) is 0 Å². The van der Waals surface area contributed by atoms with Crippen molar-refractivity contribution in [3.63, 3.8) is 0 Å². The molecule has 0 aromatic rings. The Hall–Kier alpha value is -0.260. The standard InChI is InChI=1S/C9H17/c1-4-6-7-8-9(3)5-2/h5H,1,4,6-8H2,2-3H3. The Morgan fingerprint density at radius 1 is 1.44 bits per heavy atom. The molecule has 0 heteroatoms. The highest BCUT2D eigenvalue weighted by atomic mass is 13.9. The predicted molar refractivity (Wildman–Crippen MR) is 43.3 cm³/mol. The molecule has 0 aliphatic carbocycles. The molecule has 0 heterocycles. The number of hydrogen-bond donors (Lipinski definition) is 0. The molecule has 0 nitrogen and oxygen atoms in total. The van der Waals surface area contributed by atoms with Gasteiger partial charge in [-0.25, -0.2) is 0 Å². The first kappa shape index (κ1) is 8.74. The fraction of sp³-hybridized carbons (Fsp3) is 0.667. The lowest BCUT2D eigenvalue weighted by molar-refractivity contribution is 0.740. The van der Waals surface area contributed by atoms with Crippen LogP contribution in [0.1, 0.15) is 39.5 Å². The lowest BCUT2D eigenvalue weighted by atomic mass is 10.1. The van der Waals surface area contributed by atoms with Gasteiger partial charge in [-0.1, -0.05) is 31.4 Å². The van der Waals surface area contributed by atoms with Crippen LogP contribution in [0, 0.1) is 6.92 Å². The minimum absolute atomic E-state index is 1.08. The molecule has 0 unspecified atom stereocenters. The molecule has 0 aromatic carbocycles. The summed E-state index contributed by atoms with van der Waals surface area (Å²) in [5.41, 5.74) is 1.50. The zero-order valence-corrected chi connectivity index (χ0v) is 6.61. The Balaban J connectivity index is 3.07. The normalized spacial score (nSPS) is 12.1. The second-order valence-corrected chi connectivity index (χ2v) is 2.45. The van der Waals surface area contributed by atoms with Gasteiger partial charge in [0.1, 0.15) is 0 Å². The van der Waals surface area contributed by atoms with Gasteiger partial charge in [0.2, 0.25) is 0 Å². The summed E-state index contributed by atoms with van der Waals surface area (Å²) in [4.78, 5) is 0. The maximum Gasteiger partial charge on any atom is -0.0323 e. The summed E-state index contributed by atoms with van der Waals surface area (Å²) >= 11 is 0. The topological polar surface area (TPSA) is 0 Å². The van der Waals surface area contributed by atoms with Crippen LogP contribution >= 0.6 is 0 Å². The Morgan fingerprint density at radius 3 is 2.56 bits per heavy atom. The van der Waals surface area contributed by atoms with E-state index in [1.165, 1.54) is 24.8 Å². The van der Waals surface area contributed by atoms with Crippen LogP contribution in [0.3, 0.4) is 0 Å². The molecule has 0 bridgehead atoms. The molecule has 0 amide bonds. The van der Waals surface area contributed by atoms with E-state index in [-0.39, 0.29) is 0 Å². The van der Waals surface area contributed by atoms with Gasteiger partial charge in [0.25, 0.3) is 0 Å². The molecule has 0 saturated heterocycles. The summed E-state index contributed by atoms with van der Waals surface area (Å²) in [5.74, 6) is 0. The number of unbranched alkanes of at least 4 members (excludes halogenated alkanes) is 2. The van der Waals surface area contributed by atoms with Gasteiger partial charge in [-0.05, 0) is 26.7 Å². The van der Waals surface area contributed by atoms with Gasteiger partial charge in [-0.2, -0.15) is 0 Å². The molecule has 0 fully saturated rings.